The van der Waals surface area contributed by atoms with Crippen LogP contribution >= 0.6 is 11.8 Å². The van der Waals surface area contributed by atoms with Gasteiger partial charge < -0.3 is 9.84 Å². The molecule has 0 bridgehead atoms. The Kier molecular flexibility index (Phi) is 7.81. The summed E-state index contributed by atoms with van der Waals surface area (Å²) in [6.07, 6.45) is 2.77. The average Bonchev–Trinajstić information content (AvgIpc) is 2.17. The van der Waals surface area contributed by atoms with Crippen LogP contribution in [-0.4, -0.2) is 35.9 Å². The molecule has 0 saturated heterocycles. The van der Waals surface area contributed by atoms with E-state index < -0.39 is 5.60 Å². The maximum Gasteiger partial charge on any atom is 0.0732 e. The average molecular weight is 206 g/mol. The standard InChI is InChI=1S/C10H22O2S/c1-4-10(11,5-2)9-13-8-6-7-12-3/h11H,4-9H2,1-3H3. The van der Waals surface area contributed by atoms with Crippen LogP contribution in [0.15, 0.2) is 0 Å². The van der Waals surface area contributed by atoms with Crippen molar-refractivity contribution in [2.45, 2.75) is 38.7 Å². The van der Waals surface area contributed by atoms with Gasteiger partial charge in [-0.25, -0.2) is 0 Å². The van der Waals surface area contributed by atoms with Crippen LogP contribution in [0.2, 0.25) is 0 Å². The zero-order valence-electron chi connectivity index (χ0n) is 9.01. The van der Waals surface area contributed by atoms with Crippen molar-refractivity contribution < 1.29 is 9.84 Å². The molecule has 80 valence electrons. The quantitative estimate of drug-likeness (QED) is 0.618. The molecule has 3 heteroatoms. The van der Waals surface area contributed by atoms with Crippen molar-refractivity contribution in [1.29, 1.82) is 0 Å². The van der Waals surface area contributed by atoms with Gasteiger partial charge in [0, 0.05) is 19.5 Å². The summed E-state index contributed by atoms with van der Waals surface area (Å²) in [5, 5.41) is 9.93. The molecule has 2 nitrogen and oxygen atoms in total. The zero-order chi connectivity index (χ0) is 10.2. The molecular weight excluding hydrogens is 184 g/mol. The van der Waals surface area contributed by atoms with Crippen molar-refractivity contribution >= 4 is 11.8 Å². The number of methoxy groups -OCH3 is 1. The molecule has 0 rings (SSSR count). The summed E-state index contributed by atoms with van der Waals surface area (Å²) in [5.74, 6) is 1.93. The van der Waals surface area contributed by atoms with E-state index >= 15 is 0 Å². The Hall–Kier alpha value is 0.270. The molecule has 0 atom stereocenters. The van der Waals surface area contributed by atoms with Crippen LogP contribution in [0, 0.1) is 0 Å². The van der Waals surface area contributed by atoms with E-state index in [1.54, 1.807) is 7.11 Å². The van der Waals surface area contributed by atoms with Gasteiger partial charge in [0.2, 0.25) is 0 Å². The monoisotopic (exact) mass is 206 g/mol. The fraction of sp³-hybridized carbons (Fsp3) is 1.00. The van der Waals surface area contributed by atoms with Crippen molar-refractivity contribution in [1.82, 2.24) is 0 Å². The first kappa shape index (κ1) is 13.3. The van der Waals surface area contributed by atoms with Crippen molar-refractivity contribution in [2.75, 3.05) is 25.2 Å². The van der Waals surface area contributed by atoms with Crippen molar-refractivity contribution in [2.24, 2.45) is 0 Å². The molecule has 0 aliphatic heterocycles. The minimum atomic E-state index is -0.447. The topological polar surface area (TPSA) is 29.5 Å². The molecule has 0 heterocycles. The smallest absolute Gasteiger partial charge is 0.0732 e. The first-order valence-electron chi connectivity index (χ1n) is 4.97. The van der Waals surface area contributed by atoms with Crippen molar-refractivity contribution in [3.8, 4) is 0 Å². The number of ether oxygens (including phenoxy) is 1. The first-order valence-corrected chi connectivity index (χ1v) is 6.13. The number of rotatable bonds is 8. The maximum atomic E-state index is 9.93. The van der Waals surface area contributed by atoms with E-state index in [2.05, 4.69) is 0 Å². The summed E-state index contributed by atoms with van der Waals surface area (Å²) in [4.78, 5) is 0. The summed E-state index contributed by atoms with van der Waals surface area (Å²) < 4.78 is 4.95. The van der Waals surface area contributed by atoms with Gasteiger partial charge in [-0.15, -0.1) is 0 Å². The van der Waals surface area contributed by atoms with Crippen LogP contribution in [0.3, 0.4) is 0 Å². The Morgan fingerprint density at radius 2 is 1.92 bits per heavy atom. The Bertz CT molecular complexity index is 113. The Labute approximate surface area is 86.1 Å². The molecule has 0 saturated carbocycles. The first-order chi connectivity index (χ1) is 6.18. The molecule has 0 aliphatic carbocycles. The third-order valence-corrected chi connectivity index (χ3v) is 3.64. The third-order valence-electron chi connectivity index (χ3n) is 2.32. The number of hydrogen-bond donors (Lipinski definition) is 1. The second-order valence-electron chi connectivity index (χ2n) is 3.33. The van der Waals surface area contributed by atoms with E-state index in [0.29, 0.717) is 0 Å². The summed E-state index contributed by atoms with van der Waals surface area (Å²) in [7, 11) is 1.72. The molecule has 0 aromatic carbocycles. The molecule has 0 radical (unpaired) electrons. The van der Waals surface area contributed by atoms with Gasteiger partial charge in [0.05, 0.1) is 5.60 Å². The van der Waals surface area contributed by atoms with Crippen molar-refractivity contribution in [3.05, 3.63) is 0 Å². The highest BCUT2D eigenvalue weighted by Gasteiger charge is 2.21. The largest absolute Gasteiger partial charge is 0.389 e. The van der Waals surface area contributed by atoms with Gasteiger partial charge in [0.1, 0.15) is 0 Å². The van der Waals surface area contributed by atoms with E-state index in [1.807, 2.05) is 25.6 Å². The van der Waals surface area contributed by atoms with Gasteiger partial charge in [0.15, 0.2) is 0 Å². The van der Waals surface area contributed by atoms with Gasteiger partial charge in [-0.2, -0.15) is 11.8 Å². The maximum absolute atomic E-state index is 9.93. The number of hydrogen-bond acceptors (Lipinski definition) is 3. The molecule has 13 heavy (non-hydrogen) atoms. The molecule has 0 amide bonds. The van der Waals surface area contributed by atoms with Gasteiger partial charge in [0.25, 0.3) is 0 Å². The van der Waals surface area contributed by atoms with Gasteiger partial charge >= 0.3 is 0 Å². The third kappa shape index (κ3) is 6.36. The van der Waals surface area contributed by atoms with E-state index in [-0.39, 0.29) is 0 Å². The molecule has 0 spiro atoms. The van der Waals surface area contributed by atoms with Crippen LogP contribution in [0.1, 0.15) is 33.1 Å². The second kappa shape index (κ2) is 7.65. The minimum absolute atomic E-state index is 0.447. The zero-order valence-corrected chi connectivity index (χ0v) is 9.82. The normalized spacial score (nSPS) is 12.0. The Balaban J connectivity index is 3.39. The van der Waals surface area contributed by atoms with E-state index in [0.717, 1.165) is 37.4 Å². The van der Waals surface area contributed by atoms with Crippen LogP contribution in [0.5, 0.6) is 0 Å². The summed E-state index contributed by atoms with van der Waals surface area (Å²) in [6, 6.07) is 0. The molecule has 0 aliphatic rings. The molecule has 0 aromatic rings. The lowest BCUT2D eigenvalue weighted by molar-refractivity contribution is 0.0571. The van der Waals surface area contributed by atoms with Crippen molar-refractivity contribution in [3.63, 3.8) is 0 Å². The Morgan fingerprint density at radius 1 is 1.31 bits per heavy atom. The lowest BCUT2D eigenvalue weighted by atomic mass is 10.0. The fourth-order valence-corrected chi connectivity index (χ4v) is 2.28. The predicted octanol–water partition coefficient (Wildman–Crippen LogP) is 2.31. The highest BCUT2D eigenvalue weighted by atomic mass is 32.2. The molecule has 1 N–H and O–H groups in total. The highest BCUT2D eigenvalue weighted by molar-refractivity contribution is 7.99. The summed E-state index contributed by atoms with van der Waals surface area (Å²) in [6.45, 7) is 4.90. The number of aliphatic hydroxyl groups is 1. The predicted molar refractivity (Wildman–Crippen MR) is 59.3 cm³/mol. The van der Waals surface area contributed by atoms with Crippen LogP contribution in [0.4, 0.5) is 0 Å². The van der Waals surface area contributed by atoms with E-state index in [1.165, 1.54) is 0 Å². The molecule has 0 aromatic heterocycles. The Morgan fingerprint density at radius 3 is 2.38 bits per heavy atom. The fourth-order valence-electron chi connectivity index (χ4n) is 1.02. The van der Waals surface area contributed by atoms with Gasteiger partial charge in [-0.05, 0) is 25.0 Å². The van der Waals surface area contributed by atoms with Gasteiger partial charge in [-0.1, -0.05) is 13.8 Å². The SMILES string of the molecule is CCC(O)(CC)CSCCCOC. The molecular formula is C10H22O2S. The van der Waals surface area contributed by atoms with Gasteiger partial charge in [-0.3, -0.25) is 0 Å². The van der Waals surface area contributed by atoms with Crippen LogP contribution < -0.4 is 0 Å². The summed E-state index contributed by atoms with van der Waals surface area (Å²) in [5.41, 5.74) is -0.447. The molecule has 0 unspecified atom stereocenters. The lowest BCUT2D eigenvalue weighted by Crippen LogP contribution is -2.29. The number of thioether (sulfide) groups is 1. The van der Waals surface area contributed by atoms with Crippen LogP contribution in [-0.2, 0) is 4.74 Å². The summed E-state index contributed by atoms with van der Waals surface area (Å²) >= 11 is 1.82. The molecule has 0 fully saturated rings. The van der Waals surface area contributed by atoms with E-state index in [4.69, 9.17) is 4.74 Å². The van der Waals surface area contributed by atoms with E-state index in [9.17, 15) is 5.11 Å². The highest BCUT2D eigenvalue weighted by Crippen LogP contribution is 2.20. The second-order valence-corrected chi connectivity index (χ2v) is 4.44. The van der Waals surface area contributed by atoms with Crippen LogP contribution in [0.25, 0.3) is 0 Å². The lowest BCUT2D eigenvalue weighted by Gasteiger charge is -2.24. The minimum Gasteiger partial charge on any atom is -0.389 e.